The van der Waals surface area contributed by atoms with Gasteiger partial charge in [-0.05, 0) is 20.3 Å². The van der Waals surface area contributed by atoms with Gasteiger partial charge in [0.25, 0.3) is 0 Å². The minimum Gasteiger partial charge on any atom is -0.367 e. The van der Waals surface area contributed by atoms with Crippen molar-refractivity contribution in [3.05, 3.63) is 24.5 Å². The first kappa shape index (κ1) is 12.5. The summed E-state index contributed by atoms with van der Waals surface area (Å²) >= 11 is 0. The predicted octanol–water partition coefficient (Wildman–Crippen LogP) is 2.59. The topological polar surface area (TPSA) is 49.8 Å². The quantitative estimate of drug-likeness (QED) is 0.723. The van der Waals surface area contributed by atoms with Crippen molar-refractivity contribution in [1.29, 1.82) is 0 Å². The van der Waals surface area contributed by atoms with Crippen molar-refractivity contribution in [2.75, 3.05) is 17.2 Å². The minimum absolute atomic E-state index is 0.418. The van der Waals surface area contributed by atoms with Crippen LogP contribution in [0.2, 0.25) is 0 Å². The van der Waals surface area contributed by atoms with Gasteiger partial charge in [-0.25, -0.2) is 9.97 Å². The van der Waals surface area contributed by atoms with E-state index in [2.05, 4.69) is 41.0 Å². The van der Waals surface area contributed by atoms with E-state index in [0.717, 1.165) is 23.9 Å². The highest BCUT2D eigenvalue weighted by Crippen LogP contribution is 2.12. The summed E-state index contributed by atoms with van der Waals surface area (Å²) in [5.74, 6) is 2.46. The maximum absolute atomic E-state index is 4.34. The van der Waals surface area contributed by atoms with Gasteiger partial charge in [0, 0.05) is 18.7 Å². The number of aryl methyl sites for hydroxylation is 1. The summed E-state index contributed by atoms with van der Waals surface area (Å²) in [5, 5.41) is 6.49. The van der Waals surface area contributed by atoms with E-state index < -0.39 is 0 Å². The van der Waals surface area contributed by atoms with E-state index >= 15 is 0 Å². The molecule has 4 heteroatoms. The van der Waals surface area contributed by atoms with Crippen LogP contribution in [0.4, 0.5) is 11.6 Å². The third-order valence-corrected chi connectivity index (χ3v) is 2.27. The van der Waals surface area contributed by atoms with Crippen LogP contribution in [0.25, 0.3) is 0 Å². The van der Waals surface area contributed by atoms with Crippen LogP contribution in [0.5, 0.6) is 0 Å². The van der Waals surface area contributed by atoms with Crippen molar-refractivity contribution in [3.8, 4) is 0 Å². The number of anilines is 2. The molecule has 0 bridgehead atoms. The zero-order chi connectivity index (χ0) is 12.0. The molecular formula is C12H20N4. The van der Waals surface area contributed by atoms with Gasteiger partial charge in [-0.15, -0.1) is 6.58 Å². The average Bonchev–Trinajstić information content (AvgIpc) is 2.25. The van der Waals surface area contributed by atoms with Crippen LogP contribution in [0.15, 0.2) is 18.7 Å². The molecule has 2 N–H and O–H groups in total. The van der Waals surface area contributed by atoms with Crippen LogP contribution in [-0.4, -0.2) is 22.6 Å². The molecule has 0 radical (unpaired) electrons. The van der Waals surface area contributed by atoms with Gasteiger partial charge in [0.1, 0.15) is 17.5 Å². The normalized spacial score (nSPS) is 11.9. The predicted molar refractivity (Wildman–Crippen MR) is 68.8 cm³/mol. The van der Waals surface area contributed by atoms with Crippen LogP contribution < -0.4 is 10.6 Å². The van der Waals surface area contributed by atoms with Crippen molar-refractivity contribution in [1.82, 2.24) is 9.97 Å². The van der Waals surface area contributed by atoms with Crippen LogP contribution in [0.1, 0.15) is 26.1 Å². The lowest BCUT2D eigenvalue weighted by Gasteiger charge is -2.13. The highest BCUT2D eigenvalue weighted by molar-refractivity contribution is 5.48. The largest absolute Gasteiger partial charge is 0.367 e. The van der Waals surface area contributed by atoms with Gasteiger partial charge in [0.2, 0.25) is 0 Å². The molecule has 1 aromatic rings. The van der Waals surface area contributed by atoms with Crippen LogP contribution in [0, 0.1) is 6.92 Å². The van der Waals surface area contributed by atoms with Crippen molar-refractivity contribution < 1.29 is 0 Å². The Balaban J connectivity index is 2.76. The fourth-order valence-corrected chi connectivity index (χ4v) is 1.26. The van der Waals surface area contributed by atoms with Gasteiger partial charge >= 0.3 is 0 Å². The minimum atomic E-state index is 0.418. The molecule has 1 rings (SSSR count). The number of aromatic nitrogens is 2. The Hall–Kier alpha value is -1.58. The maximum Gasteiger partial charge on any atom is 0.132 e. The molecule has 0 aliphatic carbocycles. The molecule has 1 heterocycles. The summed E-state index contributed by atoms with van der Waals surface area (Å²) < 4.78 is 0. The molecule has 0 saturated carbocycles. The van der Waals surface area contributed by atoms with E-state index in [4.69, 9.17) is 0 Å². The van der Waals surface area contributed by atoms with Crippen molar-refractivity contribution >= 4 is 11.6 Å². The fourth-order valence-electron chi connectivity index (χ4n) is 1.26. The summed E-state index contributed by atoms with van der Waals surface area (Å²) in [6, 6.07) is 2.34. The molecule has 0 amide bonds. The van der Waals surface area contributed by atoms with Gasteiger partial charge in [-0.2, -0.15) is 0 Å². The first-order valence-electron chi connectivity index (χ1n) is 5.62. The molecule has 0 aromatic carbocycles. The monoisotopic (exact) mass is 220 g/mol. The van der Waals surface area contributed by atoms with E-state index in [1.165, 1.54) is 0 Å². The lowest BCUT2D eigenvalue weighted by molar-refractivity contribution is 0.757. The van der Waals surface area contributed by atoms with Crippen LogP contribution in [-0.2, 0) is 0 Å². The third-order valence-electron chi connectivity index (χ3n) is 2.27. The highest BCUT2D eigenvalue weighted by atomic mass is 15.1. The number of nitrogens with zero attached hydrogens (tertiary/aromatic N) is 2. The molecule has 4 nitrogen and oxygen atoms in total. The molecule has 1 unspecified atom stereocenters. The fraction of sp³-hybridized carbons (Fsp3) is 0.500. The van der Waals surface area contributed by atoms with E-state index in [0.29, 0.717) is 12.6 Å². The summed E-state index contributed by atoms with van der Waals surface area (Å²) in [7, 11) is 0. The molecule has 16 heavy (non-hydrogen) atoms. The molecule has 88 valence electrons. The number of hydrogen-bond acceptors (Lipinski definition) is 4. The Labute approximate surface area is 97.2 Å². The van der Waals surface area contributed by atoms with Crippen molar-refractivity contribution in [3.63, 3.8) is 0 Å². The van der Waals surface area contributed by atoms with Gasteiger partial charge in [-0.1, -0.05) is 13.0 Å². The third kappa shape index (κ3) is 3.88. The van der Waals surface area contributed by atoms with Gasteiger partial charge in [-0.3, -0.25) is 0 Å². The van der Waals surface area contributed by atoms with E-state index in [-0.39, 0.29) is 0 Å². The SMILES string of the molecule is C=CCNc1cc(NC(C)CC)nc(C)n1. The van der Waals surface area contributed by atoms with Crippen molar-refractivity contribution in [2.24, 2.45) is 0 Å². The van der Waals surface area contributed by atoms with Gasteiger partial charge < -0.3 is 10.6 Å². The molecule has 1 atom stereocenters. The Morgan fingerprint density at radius 3 is 2.75 bits per heavy atom. The standard InChI is InChI=1S/C12H20N4/c1-5-7-13-11-8-12(14-9(3)6-2)16-10(4)15-11/h5,8-9H,1,6-7H2,2-4H3,(H2,13,14,15,16). The number of hydrogen-bond donors (Lipinski definition) is 2. The number of rotatable bonds is 6. The second kappa shape index (κ2) is 6.10. The second-order valence-corrected chi connectivity index (χ2v) is 3.81. The summed E-state index contributed by atoms with van der Waals surface area (Å²) in [6.45, 7) is 10.5. The van der Waals surface area contributed by atoms with Gasteiger partial charge in [0.05, 0.1) is 0 Å². The smallest absolute Gasteiger partial charge is 0.132 e. The highest BCUT2D eigenvalue weighted by Gasteiger charge is 2.03. The molecule has 0 spiro atoms. The average molecular weight is 220 g/mol. The molecule has 0 aliphatic rings. The second-order valence-electron chi connectivity index (χ2n) is 3.81. The lowest BCUT2D eigenvalue weighted by Crippen LogP contribution is -2.15. The lowest BCUT2D eigenvalue weighted by atomic mass is 10.2. The Kier molecular flexibility index (Phi) is 4.76. The molecule has 0 saturated heterocycles. The van der Waals surface area contributed by atoms with Crippen molar-refractivity contribution in [2.45, 2.75) is 33.2 Å². The maximum atomic E-state index is 4.34. The van der Waals surface area contributed by atoms with Gasteiger partial charge in [0.15, 0.2) is 0 Å². The molecule has 1 aromatic heterocycles. The van der Waals surface area contributed by atoms with Crippen LogP contribution >= 0.6 is 0 Å². The number of nitrogens with one attached hydrogen (secondary N) is 2. The zero-order valence-electron chi connectivity index (χ0n) is 10.2. The molecule has 0 fully saturated rings. The summed E-state index contributed by atoms with van der Waals surface area (Å²) in [6.07, 6.45) is 2.87. The Morgan fingerprint density at radius 2 is 2.12 bits per heavy atom. The first-order chi connectivity index (χ1) is 7.65. The Morgan fingerprint density at radius 1 is 1.44 bits per heavy atom. The Bertz CT molecular complexity index is 349. The van der Waals surface area contributed by atoms with E-state index in [1.54, 1.807) is 6.08 Å². The van der Waals surface area contributed by atoms with Crippen LogP contribution in [0.3, 0.4) is 0 Å². The zero-order valence-corrected chi connectivity index (χ0v) is 10.2. The first-order valence-corrected chi connectivity index (χ1v) is 5.62. The molecular weight excluding hydrogens is 200 g/mol. The summed E-state index contributed by atoms with van der Waals surface area (Å²) in [5.41, 5.74) is 0. The van der Waals surface area contributed by atoms with E-state index in [1.807, 2.05) is 13.0 Å². The summed E-state index contributed by atoms with van der Waals surface area (Å²) in [4.78, 5) is 8.64. The molecule has 0 aliphatic heterocycles. The van der Waals surface area contributed by atoms with E-state index in [9.17, 15) is 0 Å².